The number of aromatic carboxylic acids is 1. The second-order valence-corrected chi connectivity index (χ2v) is 4.49. The van der Waals surface area contributed by atoms with Crippen molar-refractivity contribution in [1.29, 1.82) is 0 Å². The summed E-state index contributed by atoms with van der Waals surface area (Å²) in [6.07, 6.45) is 3.06. The third-order valence-electron chi connectivity index (χ3n) is 2.24. The largest absolute Gasteiger partial charge is 0.478 e. The van der Waals surface area contributed by atoms with Crippen molar-refractivity contribution in [1.82, 2.24) is 9.97 Å². The van der Waals surface area contributed by atoms with Crippen LogP contribution in [0.3, 0.4) is 0 Å². The molecule has 0 spiro atoms. The minimum absolute atomic E-state index is 0.178. The van der Waals surface area contributed by atoms with Gasteiger partial charge in [-0.3, -0.25) is 0 Å². The number of nitrogen functional groups attached to an aromatic ring is 1. The topological polar surface area (TPSA) is 102 Å². The lowest BCUT2D eigenvalue weighted by atomic mass is 10.2. The number of furan rings is 1. The van der Waals surface area contributed by atoms with Crippen LogP contribution in [0.1, 0.15) is 21.9 Å². The summed E-state index contributed by atoms with van der Waals surface area (Å²) in [5.74, 6) is 0.776. The zero-order chi connectivity index (χ0) is 13.1. The highest BCUT2D eigenvalue weighted by Crippen LogP contribution is 2.26. The molecule has 3 N–H and O–H groups in total. The molecule has 0 amide bonds. The molecule has 0 atom stereocenters. The molecule has 0 radical (unpaired) electrons. The molecule has 0 fully saturated rings. The van der Waals surface area contributed by atoms with Crippen LogP contribution < -0.4 is 5.73 Å². The maximum Gasteiger partial charge on any atom is 0.339 e. The van der Waals surface area contributed by atoms with Gasteiger partial charge in [-0.05, 0) is 13.0 Å². The maximum absolute atomic E-state index is 10.9. The summed E-state index contributed by atoms with van der Waals surface area (Å²) in [4.78, 5) is 18.8. The summed E-state index contributed by atoms with van der Waals surface area (Å²) in [7, 11) is 0. The summed E-state index contributed by atoms with van der Waals surface area (Å²) in [5, 5.41) is 9.50. The SMILES string of the molecule is Cc1oc(CSc2nccnc2N)cc1C(=O)O. The first-order valence-corrected chi connectivity index (χ1v) is 6.08. The van der Waals surface area contributed by atoms with Crippen LogP contribution in [0.4, 0.5) is 5.82 Å². The van der Waals surface area contributed by atoms with Crippen LogP contribution in [0.25, 0.3) is 0 Å². The number of rotatable bonds is 4. The van der Waals surface area contributed by atoms with Crippen molar-refractivity contribution >= 4 is 23.5 Å². The van der Waals surface area contributed by atoms with Gasteiger partial charge >= 0.3 is 5.97 Å². The van der Waals surface area contributed by atoms with Crippen LogP contribution >= 0.6 is 11.8 Å². The van der Waals surface area contributed by atoms with E-state index in [4.69, 9.17) is 15.3 Å². The Morgan fingerprint density at radius 3 is 2.83 bits per heavy atom. The number of carboxylic acid groups (broad SMARTS) is 1. The number of nitrogens with zero attached hydrogens (tertiary/aromatic N) is 2. The van der Waals surface area contributed by atoms with Crippen molar-refractivity contribution < 1.29 is 14.3 Å². The first-order valence-electron chi connectivity index (χ1n) is 5.10. The Balaban J connectivity index is 2.09. The van der Waals surface area contributed by atoms with E-state index in [1.807, 2.05) is 0 Å². The highest BCUT2D eigenvalue weighted by molar-refractivity contribution is 7.98. The smallest absolute Gasteiger partial charge is 0.339 e. The molecule has 0 aromatic carbocycles. The van der Waals surface area contributed by atoms with Crippen molar-refractivity contribution in [2.24, 2.45) is 0 Å². The Hall–Kier alpha value is -2.02. The second-order valence-electron chi connectivity index (χ2n) is 3.52. The molecular weight excluding hydrogens is 254 g/mol. The van der Waals surface area contributed by atoms with E-state index in [1.54, 1.807) is 13.1 Å². The van der Waals surface area contributed by atoms with E-state index in [0.29, 0.717) is 28.1 Å². The maximum atomic E-state index is 10.9. The van der Waals surface area contributed by atoms with Crippen LogP contribution in [-0.2, 0) is 5.75 Å². The quantitative estimate of drug-likeness (QED) is 0.814. The van der Waals surface area contributed by atoms with E-state index in [9.17, 15) is 4.79 Å². The second kappa shape index (κ2) is 5.09. The van der Waals surface area contributed by atoms with Crippen LogP contribution in [0.15, 0.2) is 27.9 Å². The predicted molar refractivity (Wildman–Crippen MR) is 66.4 cm³/mol. The fourth-order valence-corrected chi connectivity index (χ4v) is 2.17. The molecule has 0 unspecified atom stereocenters. The molecule has 0 aliphatic rings. The fourth-order valence-electron chi connectivity index (χ4n) is 1.41. The molecule has 94 valence electrons. The van der Waals surface area contributed by atoms with Gasteiger partial charge in [-0.1, -0.05) is 11.8 Å². The number of thioether (sulfide) groups is 1. The van der Waals surface area contributed by atoms with Gasteiger partial charge in [0.1, 0.15) is 22.1 Å². The molecule has 6 nitrogen and oxygen atoms in total. The zero-order valence-electron chi connectivity index (χ0n) is 9.58. The predicted octanol–water partition coefficient (Wildman–Crippen LogP) is 1.95. The molecule has 0 saturated heterocycles. The molecule has 0 saturated carbocycles. The van der Waals surface area contributed by atoms with Gasteiger partial charge in [-0.2, -0.15) is 0 Å². The van der Waals surface area contributed by atoms with Crippen LogP contribution in [0, 0.1) is 6.92 Å². The normalized spacial score (nSPS) is 10.5. The molecule has 2 rings (SSSR count). The van der Waals surface area contributed by atoms with Gasteiger partial charge in [0.25, 0.3) is 0 Å². The number of aromatic nitrogens is 2. The van der Waals surface area contributed by atoms with Gasteiger partial charge in [-0.25, -0.2) is 14.8 Å². The van der Waals surface area contributed by atoms with Crippen LogP contribution in [0.2, 0.25) is 0 Å². The molecule has 2 aromatic rings. The van der Waals surface area contributed by atoms with E-state index >= 15 is 0 Å². The molecule has 2 aromatic heterocycles. The Kier molecular flexibility index (Phi) is 3.52. The van der Waals surface area contributed by atoms with E-state index in [2.05, 4.69) is 9.97 Å². The first kappa shape index (κ1) is 12.4. The summed E-state index contributed by atoms with van der Waals surface area (Å²) in [6.45, 7) is 1.62. The van der Waals surface area contributed by atoms with Gasteiger partial charge in [0.2, 0.25) is 0 Å². The first-order chi connectivity index (χ1) is 8.58. The molecule has 7 heteroatoms. The Morgan fingerprint density at radius 1 is 1.50 bits per heavy atom. The number of anilines is 1. The van der Waals surface area contributed by atoms with E-state index in [1.165, 1.54) is 24.0 Å². The summed E-state index contributed by atoms with van der Waals surface area (Å²) < 4.78 is 5.35. The average Bonchev–Trinajstić information content (AvgIpc) is 2.70. The lowest BCUT2D eigenvalue weighted by Gasteiger charge is -2.00. The lowest BCUT2D eigenvalue weighted by Crippen LogP contribution is -1.95. The third-order valence-corrected chi connectivity index (χ3v) is 3.26. The van der Waals surface area contributed by atoms with Crippen molar-refractivity contribution in [2.45, 2.75) is 17.7 Å². The van der Waals surface area contributed by atoms with Gasteiger partial charge in [0, 0.05) is 12.4 Å². The monoisotopic (exact) mass is 265 g/mol. The van der Waals surface area contributed by atoms with Crippen molar-refractivity contribution in [2.75, 3.05) is 5.73 Å². The van der Waals surface area contributed by atoms with Crippen molar-refractivity contribution in [3.8, 4) is 0 Å². The summed E-state index contributed by atoms with van der Waals surface area (Å²) >= 11 is 1.35. The van der Waals surface area contributed by atoms with E-state index in [-0.39, 0.29) is 5.56 Å². The molecule has 2 heterocycles. The number of carboxylic acids is 1. The van der Waals surface area contributed by atoms with Crippen LogP contribution in [-0.4, -0.2) is 21.0 Å². The highest BCUT2D eigenvalue weighted by Gasteiger charge is 2.14. The van der Waals surface area contributed by atoms with Crippen molar-refractivity contribution in [3.63, 3.8) is 0 Å². The third kappa shape index (κ3) is 2.62. The average molecular weight is 265 g/mol. The molecule has 0 bridgehead atoms. The Bertz CT molecular complexity index is 583. The molecular formula is C11H11N3O3S. The standard InChI is InChI=1S/C11H11N3O3S/c1-6-8(11(15)16)4-7(17-6)5-18-10-9(12)13-2-3-14-10/h2-4H,5H2,1H3,(H2,12,13)(H,15,16). The van der Waals surface area contributed by atoms with Crippen molar-refractivity contribution in [3.05, 3.63) is 35.5 Å². The zero-order valence-corrected chi connectivity index (χ0v) is 10.4. The van der Waals surface area contributed by atoms with Gasteiger partial charge in [-0.15, -0.1) is 0 Å². The van der Waals surface area contributed by atoms with Crippen LogP contribution in [0.5, 0.6) is 0 Å². The van der Waals surface area contributed by atoms with E-state index < -0.39 is 5.97 Å². The fraction of sp³-hybridized carbons (Fsp3) is 0.182. The number of aryl methyl sites for hydroxylation is 1. The number of hydrogen-bond donors (Lipinski definition) is 2. The minimum Gasteiger partial charge on any atom is -0.478 e. The highest BCUT2D eigenvalue weighted by atomic mass is 32.2. The number of nitrogens with two attached hydrogens (primary N) is 1. The Labute approximate surface area is 107 Å². The van der Waals surface area contributed by atoms with Gasteiger partial charge in [0.05, 0.1) is 5.75 Å². The lowest BCUT2D eigenvalue weighted by molar-refractivity contribution is 0.0695. The summed E-state index contributed by atoms with van der Waals surface area (Å²) in [6, 6.07) is 1.51. The van der Waals surface area contributed by atoms with E-state index in [0.717, 1.165) is 0 Å². The van der Waals surface area contributed by atoms with Gasteiger partial charge < -0.3 is 15.3 Å². The molecule has 0 aliphatic heterocycles. The number of hydrogen-bond acceptors (Lipinski definition) is 6. The molecule has 18 heavy (non-hydrogen) atoms. The molecule has 0 aliphatic carbocycles. The van der Waals surface area contributed by atoms with Gasteiger partial charge in [0.15, 0.2) is 5.82 Å². The minimum atomic E-state index is -0.994. The summed E-state index contributed by atoms with van der Waals surface area (Å²) in [5.41, 5.74) is 5.83. The number of carbonyl (C=O) groups is 1. The Morgan fingerprint density at radius 2 is 2.22 bits per heavy atom.